The van der Waals surface area contributed by atoms with Gasteiger partial charge in [-0.15, -0.1) is 0 Å². The number of piperazine rings is 1. The third-order valence-corrected chi connectivity index (χ3v) is 4.70. The highest BCUT2D eigenvalue weighted by Gasteiger charge is 2.20. The van der Waals surface area contributed by atoms with Gasteiger partial charge in [0.25, 0.3) is 0 Å². The number of nitrogens with zero attached hydrogens (tertiary/aromatic N) is 8. The maximum Gasteiger partial charge on any atom is 0.226 e. The zero-order valence-electron chi connectivity index (χ0n) is 14.7. The fourth-order valence-corrected chi connectivity index (χ4v) is 3.27. The Bertz CT molecular complexity index is 1050. The van der Waals surface area contributed by atoms with E-state index in [2.05, 4.69) is 29.9 Å². The topological polar surface area (TPSA) is 75.3 Å². The molecule has 0 bridgehead atoms. The van der Waals surface area contributed by atoms with Gasteiger partial charge < -0.3 is 9.80 Å². The summed E-state index contributed by atoms with van der Waals surface area (Å²) in [4.78, 5) is 22.7. The predicted molar refractivity (Wildman–Crippen MR) is 103 cm³/mol. The van der Waals surface area contributed by atoms with Gasteiger partial charge in [0.1, 0.15) is 5.82 Å². The molecule has 8 nitrogen and oxygen atoms in total. The van der Waals surface area contributed by atoms with Crippen LogP contribution in [0.3, 0.4) is 0 Å². The van der Waals surface area contributed by atoms with Crippen LogP contribution in [0.2, 0.25) is 0 Å². The molecule has 0 spiro atoms. The minimum Gasteiger partial charge on any atom is -0.353 e. The molecule has 0 aliphatic carbocycles. The number of hydrogen-bond donors (Lipinski definition) is 0. The Morgan fingerprint density at radius 2 is 1.59 bits per heavy atom. The summed E-state index contributed by atoms with van der Waals surface area (Å²) < 4.78 is 1.77. The van der Waals surface area contributed by atoms with Gasteiger partial charge in [-0.1, -0.05) is 6.07 Å². The van der Waals surface area contributed by atoms with E-state index in [-0.39, 0.29) is 0 Å². The van der Waals surface area contributed by atoms with Crippen molar-refractivity contribution in [2.75, 3.05) is 36.0 Å². The van der Waals surface area contributed by atoms with E-state index in [0.717, 1.165) is 55.0 Å². The number of hydrogen-bond acceptors (Lipinski definition) is 7. The highest BCUT2D eigenvalue weighted by molar-refractivity contribution is 5.55. The molecule has 5 heterocycles. The average Bonchev–Trinajstić information content (AvgIpc) is 3.22. The van der Waals surface area contributed by atoms with Crippen LogP contribution in [0.25, 0.3) is 17.0 Å². The van der Waals surface area contributed by atoms with E-state index >= 15 is 0 Å². The van der Waals surface area contributed by atoms with E-state index in [1.165, 1.54) is 0 Å². The van der Waals surface area contributed by atoms with Crippen LogP contribution in [0.15, 0.2) is 61.2 Å². The smallest absolute Gasteiger partial charge is 0.226 e. The predicted octanol–water partition coefficient (Wildman–Crippen LogP) is 1.91. The fraction of sp³-hybridized carbons (Fsp3) is 0.211. The fourth-order valence-electron chi connectivity index (χ4n) is 3.27. The molecule has 8 heteroatoms. The van der Waals surface area contributed by atoms with Crippen LogP contribution in [-0.4, -0.2) is 55.7 Å². The van der Waals surface area contributed by atoms with Gasteiger partial charge in [0.2, 0.25) is 5.95 Å². The van der Waals surface area contributed by atoms with E-state index in [4.69, 9.17) is 4.98 Å². The summed E-state index contributed by atoms with van der Waals surface area (Å²) in [7, 11) is 0. The molecule has 4 aromatic rings. The molecule has 0 N–H and O–H groups in total. The Labute approximate surface area is 156 Å². The van der Waals surface area contributed by atoms with Crippen molar-refractivity contribution in [3.8, 4) is 11.4 Å². The third kappa shape index (κ3) is 3.05. The van der Waals surface area contributed by atoms with Crippen LogP contribution >= 0.6 is 0 Å². The van der Waals surface area contributed by atoms with Crippen molar-refractivity contribution in [2.24, 2.45) is 0 Å². The molecule has 1 saturated heterocycles. The summed E-state index contributed by atoms with van der Waals surface area (Å²) in [6, 6.07) is 11.6. The van der Waals surface area contributed by atoms with E-state index < -0.39 is 0 Å². The maximum atomic E-state index is 4.70. The molecule has 0 amide bonds. The van der Waals surface area contributed by atoms with Gasteiger partial charge in [-0.25, -0.2) is 19.5 Å². The molecule has 0 saturated carbocycles. The minimum absolute atomic E-state index is 0.747. The molecular formula is C19H18N8. The highest BCUT2D eigenvalue weighted by atomic mass is 15.3. The first-order valence-electron chi connectivity index (χ1n) is 8.91. The van der Waals surface area contributed by atoms with Crippen molar-refractivity contribution in [2.45, 2.75) is 0 Å². The lowest BCUT2D eigenvalue weighted by Crippen LogP contribution is -2.47. The van der Waals surface area contributed by atoms with Gasteiger partial charge >= 0.3 is 0 Å². The maximum absolute atomic E-state index is 4.70. The largest absolute Gasteiger partial charge is 0.353 e. The van der Waals surface area contributed by atoms with Crippen LogP contribution in [-0.2, 0) is 0 Å². The van der Waals surface area contributed by atoms with Gasteiger partial charge in [0.05, 0.1) is 17.6 Å². The first-order chi connectivity index (χ1) is 13.4. The summed E-state index contributed by atoms with van der Waals surface area (Å²) in [5.41, 5.74) is 2.57. The monoisotopic (exact) mass is 358 g/mol. The molecule has 5 rings (SSSR count). The van der Waals surface area contributed by atoms with E-state index in [1.54, 1.807) is 23.1 Å². The second-order valence-electron chi connectivity index (χ2n) is 6.35. The zero-order valence-corrected chi connectivity index (χ0v) is 14.7. The van der Waals surface area contributed by atoms with Crippen molar-refractivity contribution in [3.63, 3.8) is 0 Å². The Balaban J connectivity index is 1.31. The van der Waals surface area contributed by atoms with Gasteiger partial charge in [-0.05, 0) is 24.3 Å². The molecule has 0 atom stereocenters. The normalized spacial score (nSPS) is 14.7. The minimum atomic E-state index is 0.747. The first kappa shape index (κ1) is 15.7. The lowest BCUT2D eigenvalue weighted by Gasteiger charge is -2.35. The number of anilines is 2. The van der Waals surface area contributed by atoms with Gasteiger partial charge in [0.15, 0.2) is 5.65 Å². The lowest BCUT2D eigenvalue weighted by molar-refractivity contribution is 0.634. The van der Waals surface area contributed by atoms with Crippen molar-refractivity contribution >= 4 is 17.4 Å². The van der Waals surface area contributed by atoms with Crippen molar-refractivity contribution in [1.29, 1.82) is 0 Å². The van der Waals surface area contributed by atoms with Gasteiger partial charge in [-0.2, -0.15) is 5.10 Å². The molecule has 134 valence electrons. The Kier molecular flexibility index (Phi) is 3.86. The van der Waals surface area contributed by atoms with Crippen LogP contribution in [0, 0.1) is 0 Å². The second kappa shape index (κ2) is 6.64. The van der Waals surface area contributed by atoms with E-state index in [9.17, 15) is 0 Å². The van der Waals surface area contributed by atoms with Crippen LogP contribution in [0.4, 0.5) is 11.8 Å². The van der Waals surface area contributed by atoms with Gasteiger partial charge in [0, 0.05) is 50.8 Å². The summed E-state index contributed by atoms with van der Waals surface area (Å²) in [6.07, 6.45) is 7.29. The summed E-state index contributed by atoms with van der Waals surface area (Å²) in [6.45, 7) is 3.43. The second-order valence-corrected chi connectivity index (χ2v) is 6.35. The molecule has 0 aromatic carbocycles. The van der Waals surface area contributed by atoms with Crippen LogP contribution < -0.4 is 9.80 Å². The highest BCUT2D eigenvalue weighted by Crippen LogP contribution is 2.19. The SMILES string of the molecule is c1ccc(-c2ccnc(N3CCN(c4ccn5nccc5n4)CC3)n2)nc1. The quantitative estimate of drug-likeness (QED) is 0.554. The third-order valence-electron chi connectivity index (χ3n) is 4.70. The summed E-state index contributed by atoms with van der Waals surface area (Å²) >= 11 is 0. The number of rotatable bonds is 3. The van der Waals surface area contributed by atoms with Crippen molar-refractivity contribution in [1.82, 2.24) is 29.5 Å². The van der Waals surface area contributed by atoms with Gasteiger partial charge in [-0.3, -0.25) is 4.98 Å². The Morgan fingerprint density at radius 3 is 2.44 bits per heavy atom. The Hall–Kier alpha value is -3.55. The van der Waals surface area contributed by atoms with Crippen molar-refractivity contribution < 1.29 is 0 Å². The van der Waals surface area contributed by atoms with Crippen LogP contribution in [0.5, 0.6) is 0 Å². The lowest BCUT2D eigenvalue weighted by atomic mass is 10.2. The molecular weight excluding hydrogens is 340 g/mol. The van der Waals surface area contributed by atoms with Crippen LogP contribution in [0.1, 0.15) is 0 Å². The Morgan fingerprint density at radius 1 is 0.704 bits per heavy atom. The average molecular weight is 358 g/mol. The molecule has 0 radical (unpaired) electrons. The standard InChI is InChI=1S/C19H18N8/c1-2-7-20-15(3-1)16-4-8-21-19(23-16)26-13-11-25(12-14-26)17-6-10-27-18(24-17)5-9-22-27/h1-10H,11-14H2. The molecule has 1 fully saturated rings. The summed E-state index contributed by atoms with van der Waals surface area (Å²) in [5, 5.41) is 4.20. The zero-order chi connectivity index (χ0) is 18.1. The number of aromatic nitrogens is 6. The summed E-state index contributed by atoms with van der Waals surface area (Å²) in [5.74, 6) is 1.72. The molecule has 27 heavy (non-hydrogen) atoms. The molecule has 1 aliphatic rings. The van der Waals surface area contributed by atoms with E-state index in [1.807, 2.05) is 42.6 Å². The molecule has 0 unspecified atom stereocenters. The number of fused-ring (bicyclic) bond motifs is 1. The van der Waals surface area contributed by atoms with E-state index in [0.29, 0.717) is 0 Å². The number of pyridine rings is 1. The molecule has 4 aromatic heterocycles. The van der Waals surface area contributed by atoms with Crippen molar-refractivity contribution in [3.05, 3.63) is 61.2 Å². The first-order valence-corrected chi connectivity index (χ1v) is 8.91. The molecule has 1 aliphatic heterocycles.